The Balaban J connectivity index is 2.00. The highest BCUT2D eigenvalue weighted by molar-refractivity contribution is 9.10. The van der Waals surface area contributed by atoms with Gasteiger partial charge in [-0.15, -0.1) is 0 Å². The lowest BCUT2D eigenvalue weighted by molar-refractivity contribution is -0.122. The number of ether oxygens (including phenoxy) is 1. The number of para-hydroxylation sites is 1. The highest BCUT2D eigenvalue weighted by atomic mass is 79.9. The standard InChI is InChI=1S/C20H17BrN2O4/c1-3-27-17-9-8-13(11-15(17)21)10-14-18(24)22-20(26)23(19(14)25)16-7-5-4-6-12(16)2/h4-11H,3H2,1-2H3,(H,22,24,26)/b14-10+. The van der Waals surface area contributed by atoms with Gasteiger partial charge in [0.2, 0.25) is 0 Å². The molecule has 6 nitrogen and oxygen atoms in total. The molecular weight excluding hydrogens is 412 g/mol. The average molecular weight is 429 g/mol. The molecule has 0 saturated carbocycles. The predicted octanol–water partition coefficient (Wildman–Crippen LogP) is 3.82. The van der Waals surface area contributed by atoms with Crippen molar-refractivity contribution in [3.63, 3.8) is 0 Å². The molecule has 7 heteroatoms. The molecule has 0 unspecified atom stereocenters. The minimum Gasteiger partial charge on any atom is -0.493 e. The van der Waals surface area contributed by atoms with Crippen LogP contribution in [0, 0.1) is 6.92 Å². The van der Waals surface area contributed by atoms with Crippen LogP contribution in [0.4, 0.5) is 10.5 Å². The summed E-state index contributed by atoms with van der Waals surface area (Å²) >= 11 is 3.41. The van der Waals surface area contributed by atoms with Crippen LogP contribution in [0.25, 0.3) is 6.08 Å². The van der Waals surface area contributed by atoms with Crippen molar-refractivity contribution in [2.45, 2.75) is 13.8 Å². The molecule has 138 valence electrons. The lowest BCUT2D eigenvalue weighted by Crippen LogP contribution is -2.54. The van der Waals surface area contributed by atoms with Crippen molar-refractivity contribution in [3.8, 4) is 5.75 Å². The molecule has 2 aromatic rings. The van der Waals surface area contributed by atoms with Gasteiger partial charge < -0.3 is 4.74 Å². The molecular formula is C20H17BrN2O4. The maximum absolute atomic E-state index is 12.9. The van der Waals surface area contributed by atoms with Crippen LogP contribution in [0.15, 0.2) is 52.5 Å². The lowest BCUT2D eigenvalue weighted by Gasteiger charge is -2.27. The Labute approximate surface area is 164 Å². The van der Waals surface area contributed by atoms with Crippen molar-refractivity contribution in [2.24, 2.45) is 0 Å². The first-order chi connectivity index (χ1) is 12.9. The first kappa shape index (κ1) is 18.8. The largest absolute Gasteiger partial charge is 0.493 e. The monoisotopic (exact) mass is 428 g/mol. The van der Waals surface area contributed by atoms with Crippen molar-refractivity contribution in [2.75, 3.05) is 11.5 Å². The number of carbonyl (C=O) groups is 3. The first-order valence-electron chi connectivity index (χ1n) is 8.31. The molecule has 0 spiro atoms. The van der Waals surface area contributed by atoms with Gasteiger partial charge in [0.1, 0.15) is 11.3 Å². The molecule has 0 aliphatic carbocycles. The Hall–Kier alpha value is -2.93. The number of nitrogens with one attached hydrogen (secondary N) is 1. The fourth-order valence-corrected chi connectivity index (χ4v) is 3.25. The van der Waals surface area contributed by atoms with Crippen LogP contribution in [-0.4, -0.2) is 24.5 Å². The van der Waals surface area contributed by atoms with E-state index in [0.29, 0.717) is 28.1 Å². The molecule has 3 rings (SSSR count). The van der Waals surface area contributed by atoms with E-state index in [0.717, 1.165) is 10.5 Å². The minimum atomic E-state index is -0.760. The van der Waals surface area contributed by atoms with Crippen LogP contribution in [0.1, 0.15) is 18.1 Å². The molecule has 0 bridgehead atoms. The van der Waals surface area contributed by atoms with Crippen molar-refractivity contribution in [1.29, 1.82) is 0 Å². The number of halogens is 1. The Morgan fingerprint density at radius 1 is 1.15 bits per heavy atom. The van der Waals surface area contributed by atoms with Crippen LogP contribution in [0.3, 0.4) is 0 Å². The second kappa shape index (κ2) is 7.75. The van der Waals surface area contributed by atoms with Gasteiger partial charge in [-0.25, -0.2) is 9.69 Å². The third-order valence-corrected chi connectivity index (χ3v) is 4.64. The van der Waals surface area contributed by atoms with Crippen LogP contribution >= 0.6 is 15.9 Å². The highest BCUT2D eigenvalue weighted by Crippen LogP contribution is 2.28. The predicted molar refractivity (Wildman–Crippen MR) is 105 cm³/mol. The smallest absolute Gasteiger partial charge is 0.335 e. The van der Waals surface area contributed by atoms with Crippen LogP contribution < -0.4 is 15.0 Å². The number of nitrogens with zero attached hydrogens (tertiary/aromatic N) is 1. The number of hydrogen-bond donors (Lipinski definition) is 1. The number of urea groups is 1. The van der Waals surface area contributed by atoms with Gasteiger partial charge in [0.15, 0.2) is 0 Å². The fourth-order valence-electron chi connectivity index (χ4n) is 2.74. The quantitative estimate of drug-likeness (QED) is 0.592. The third-order valence-electron chi connectivity index (χ3n) is 4.02. The third kappa shape index (κ3) is 3.78. The number of rotatable bonds is 4. The van der Waals surface area contributed by atoms with Gasteiger partial charge in [0, 0.05) is 0 Å². The van der Waals surface area contributed by atoms with Crippen molar-refractivity contribution >= 4 is 45.5 Å². The molecule has 1 fully saturated rings. The summed E-state index contributed by atoms with van der Waals surface area (Å²) in [6.45, 7) is 4.19. The molecule has 1 heterocycles. The summed E-state index contributed by atoms with van der Waals surface area (Å²) in [6.07, 6.45) is 1.45. The number of aryl methyl sites for hydroxylation is 1. The summed E-state index contributed by atoms with van der Waals surface area (Å²) < 4.78 is 6.16. The average Bonchev–Trinajstić information content (AvgIpc) is 2.62. The summed E-state index contributed by atoms with van der Waals surface area (Å²) in [7, 11) is 0. The Bertz CT molecular complexity index is 968. The number of amides is 4. The first-order valence-corrected chi connectivity index (χ1v) is 9.11. The zero-order valence-electron chi connectivity index (χ0n) is 14.8. The summed E-state index contributed by atoms with van der Waals surface area (Å²) in [5.74, 6) is -0.723. The minimum absolute atomic E-state index is 0.117. The van der Waals surface area contributed by atoms with E-state index >= 15 is 0 Å². The topological polar surface area (TPSA) is 75.7 Å². The van der Waals surface area contributed by atoms with Gasteiger partial charge in [0.25, 0.3) is 11.8 Å². The van der Waals surface area contributed by atoms with Gasteiger partial charge in [-0.1, -0.05) is 24.3 Å². The fraction of sp³-hybridized carbons (Fsp3) is 0.150. The number of barbiturate groups is 1. The van der Waals surface area contributed by atoms with E-state index in [2.05, 4.69) is 21.2 Å². The second-order valence-corrected chi connectivity index (χ2v) is 6.72. The van der Waals surface area contributed by atoms with E-state index < -0.39 is 17.8 Å². The van der Waals surface area contributed by atoms with Crippen molar-refractivity contribution < 1.29 is 19.1 Å². The number of anilines is 1. The summed E-state index contributed by atoms with van der Waals surface area (Å²) in [5, 5.41) is 2.22. The van der Waals surface area contributed by atoms with E-state index in [4.69, 9.17) is 4.74 Å². The summed E-state index contributed by atoms with van der Waals surface area (Å²) in [4.78, 5) is 38.4. The van der Waals surface area contributed by atoms with Crippen LogP contribution in [0.2, 0.25) is 0 Å². The van der Waals surface area contributed by atoms with E-state index in [1.807, 2.05) is 13.0 Å². The van der Waals surface area contributed by atoms with Gasteiger partial charge in [-0.2, -0.15) is 0 Å². The Morgan fingerprint density at radius 3 is 2.56 bits per heavy atom. The number of hydrogen-bond acceptors (Lipinski definition) is 4. The molecule has 4 amide bonds. The molecule has 0 aromatic heterocycles. The van der Waals surface area contributed by atoms with Gasteiger partial charge in [0.05, 0.1) is 16.8 Å². The van der Waals surface area contributed by atoms with Crippen molar-refractivity contribution in [1.82, 2.24) is 5.32 Å². The number of benzene rings is 2. The Kier molecular flexibility index (Phi) is 5.41. The molecule has 1 aliphatic heterocycles. The molecule has 2 aromatic carbocycles. The van der Waals surface area contributed by atoms with E-state index in [1.54, 1.807) is 43.3 Å². The van der Waals surface area contributed by atoms with Crippen LogP contribution in [0.5, 0.6) is 5.75 Å². The zero-order valence-corrected chi connectivity index (χ0v) is 16.4. The number of carbonyl (C=O) groups excluding carboxylic acids is 3. The van der Waals surface area contributed by atoms with Gasteiger partial charge >= 0.3 is 6.03 Å². The molecule has 0 radical (unpaired) electrons. The van der Waals surface area contributed by atoms with E-state index in [9.17, 15) is 14.4 Å². The molecule has 0 atom stereocenters. The summed E-state index contributed by atoms with van der Waals surface area (Å²) in [5.41, 5.74) is 1.70. The normalized spacial score (nSPS) is 15.9. The van der Waals surface area contributed by atoms with E-state index in [1.165, 1.54) is 6.08 Å². The highest BCUT2D eigenvalue weighted by Gasteiger charge is 2.37. The second-order valence-electron chi connectivity index (χ2n) is 5.87. The van der Waals surface area contributed by atoms with Crippen LogP contribution in [-0.2, 0) is 9.59 Å². The van der Waals surface area contributed by atoms with Gasteiger partial charge in [-0.3, -0.25) is 14.9 Å². The number of imide groups is 2. The summed E-state index contributed by atoms with van der Waals surface area (Å²) in [6, 6.07) is 11.5. The van der Waals surface area contributed by atoms with E-state index in [-0.39, 0.29) is 5.57 Å². The van der Waals surface area contributed by atoms with Gasteiger partial charge in [-0.05, 0) is 65.2 Å². The van der Waals surface area contributed by atoms with Crippen molar-refractivity contribution in [3.05, 3.63) is 63.6 Å². The SMILES string of the molecule is CCOc1ccc(/C=C2\C(=O)NC(=O)N(c3ccccc3C)C2=O)cc1Br. The molecule has 1 saturated heterocycles. The maximum atomic E-state index is 12.9. The molecule has 27 heavy (non-hydrogen) atoms. The maximum Gasteiger partial charge on any atom is 0.335 e. The lowest BCUT2D eigenvalue weighted by atomic mass is 10.1. The Morgan fingerprint density at radius 2 is 1.89 bits per heavy atom. The molecule has 1 aliphatic rings. The molecule has 1 N–H and O–H groups in total. The zero-order chi connectivity index (χ0) is 19.6.